The minimum atomic E-state index is -0.0917. The summed E-state index contributed by atoms with van der Waals surface area (Å²) in [6.45, 7) is 14.0. The van der Waals surface area contributed by atoms with Crippen molar-refractivity contribution in [3.8, 4) is 16.9 Å². The SMILES string of the molecule is CC(=O)N(c1ccc(-c2c(C)cc(C)c(N3C(=O)COc4ccccc43)c2C)cc1)c1c(C)cc(C)cc1C. The van der Waals surface area contributed by atoms with Gasteiger partial charge in [0.05, 0.1) is 17.1 Å². The lowest BCUT2D eigenvalue weighted by Crippen LogP contribution is -2.36. The fourth-order valence-corrected chi connectivity index (χ4v) is 6.08. The number of benzene rings is 4. The number of aryl methyl sites for hydroxylation is 5. The van der Waals surface area contributed by atoms with Crippen LogP contribution in [0.2, 0.25) is 0 Å². The van der Waals surface area contributed by atoms with Crippen LogP contribution in [-0.2, 0) is 9.59 Å². The molecule has 5 rings (SSSR count). The average Bonchev–Trinajstić information content (AvgIpc) is 2.87. The molecule has 0 spiro atoms. The molecule has 0 atom stereocenters. The lowest BCUT2D eigenvalue weighted by Gasteiger charge is -2.32. The average molecular weight is 519 g/mol. The van der Waals surface area contributed by atoms with Crippen LogP contribution in [0.4, 0.5) is 22.7 Å². The van der Waals surface area contributed by atoms with Crippen molar-refractivity contribution in [1.82, 2.24) is 0 Å². The Hall–Kier alpha value is -4.38. The second kappa shape index (κ2) is 10.1. The first-order chi connectivity index (χ1) is 18.6. The molecule has 1 aliphatic heterocycles. The van der Waals surface area contributed by atoms with Crippen LogP contribution in [0, 0.1) is 41.5 Å². The van der Waals surface area contributed by atoms with Gasteiger partial charge in [-0.3, -0.25) is 19.4 Å². The number of fused-ring (bicyclic) bond motifs is 1. The number of para-hydroxylation sites is 2. The lowest BCUT2D eigenvalue weighted by molar-refractivity contribution is -0.120. The molecule has 198 valence electrons. The maximum atomic E-state index is 13.2. The van der Waals surface area contributed by atoms with Crippen molar-refractivity contribution < 1.29 is 14.3 Å². The zero-order valence-corrected chi connectivity index (χ0v) is 23.7. The molecule has 0 N–H and O–H groups in total. The van der Waals surface area contributed by atoms with Gasteiger partial charge in [0, 0.05) is 12.6 Å². The summed E-state index contributed by atoms with van der Waals surface area (Å²) in [5.41, 5.74) is 12.0. The summed E-state index contributed by atoms with van der Waals surface area (Å²) in [7, 11) is 0. The Morgan fingerprint density at radius 1 is 0.821 bits per heavy atom. The summed E-state index contributed by atoms with van der Waals surface area (Å²) in [5, 5.41) is 0. The molecule has 1 heterocycles. The van der Waals surface area contributed by atoms with Gasteiger partial charge >= 0.3 is 0 Å². The number of amides is 2. The minimum absolute atomic E-state index is 0.00647. The monoisotopic (exact) mass is 518 g/mol. The van der Waals surface area contributed by atoms with Crippen LogP contribution in [0.15, 0.2) is 66.7 Å². The summed E-state index contributed by atoms with van der Waals surface area (Å²) < 4.78 is 5.70. The van der Waals surface area contributed by atoms with Gasteiger partial charge in [-0.25, -0.2) is 0 Å². The van der Waals surface area contributed by atoms with Gasteiger partial charge in [0.1, 0.15) is 5.75 Å². The van der Waals surface area contributed by atoms with E-state index in [1.807, 2.05) is 57.2 Å². The number of anilines is 4. The van der Waals surface area contributed by atoms with Crippen molar-refractivity contribution in [2.75, 3.05) is 16.4 Å². The fourth-order valence-electron chi connectivity index (χ4n) is 6.08. The van der Waals surface area contributed by atoms with Gasteiger partial charge in [-0.15, -0.1) is 0 Å². The van der Waals surface area contributed by atoms with Crippen molar-refractivity contribution in [1.29, 1.82) is 0 Å². The molecule has 0 radical (unpaired) electrons. The molecule has 0 saturated carbocycles. The molecule has 1 aliphatic rings. The number of carbonyl (C=O) groups excluding carboxylic acids is 2. The number of ether oxygens (including phenoxy) is 1. The molecule has 4 aromatic carbocycles. The zero-order chi connectivity index (χ0) is 28.0. The van der Waals surface area contributed by atoms with Crippen molar-refractivity contribution in [2.45, 2.75) is 48.5 Å². The standard InChI is InChI=1S/C34H34N2O3/c1-20-16-22(3)33(23(4)17-20)35(26(7)37)28-14-12-27(13-15-28)32-21(2)18-24(5)34(25(32)6)36-29-10-8-9-11-30(29)39-19-31(36)38/h8-18H,19H2,1-7H3. The van der Waals surface area contributed by atoms with Crippen LogP contribution in [0.5, 0.6) is 5.75 Å². The van der Waals surface area contributed by atoms with Crippen molar-refractivity contribution in [3.05, 3.63) is 100 Å². The predicted molar refractivity (Wildman–Crippen MR) is 159 cm³/mol. The highest BCUT2D eigenvalue weighted by atomic mass is 16.5. The Kier molecular flexibility index (Phi) is 6.77. The van der Waals surface area contributed by atoms with Crippen LogP contribution in [0.1, 0.15) is 40.3 Å². The quantitative estimate of drug-likeness (QED) is 0.275. The van der Waals surface area contributed by atoms with Crippen molar-refractivity contribution >= 4 is 34.6 Å². The van der Waals surface area contributed by atoms with E-state index in [4.69, 9.17) is 4.74 Å². The Morgan fingerprint density at radius 2 is 1.46 bits per heavy atom. The van der Waals surface area contributed by atoms with Gasteiger partial charge in [0.2, 0.25) is 5.91 Å². The first-order valence-corrected chi connectivity index (χ1v) is 13.2. The molecule has 0 aliphatic carbocycles. The molecule has 4 aromatic rings. The third-order valence-electron chi connectivity index (χ3n) is 7.45. The van der Waals surface area contributed by atoms with Crippen LogP contribution in [0.3, 0.4) is 0 Å². The fraction of sp³-hybridized carbons (Fsp3) is 0.235. The molecule has 0 unspecified atom stereocenters. The first-order valence-electron chi connectivity index (χ1n) is 13.2. The molecule has 0 aromatic heterocycles. The molecule has 2 amide bonds. The van der Waals surface area contributed by atoms with Crippen molar-refractivity contribution in [3.63, 3.8) is 0 Å². The van der Waals surface area contributed by atoms with Crippen molar-refractivity contribution in [2.24, 2.45) is 0 Å². The Bertz CT molecular complexity index is 1600. The van der Waals surface area contributed by atoms with E-state index in [9.17, 15) is 9.59 Å². The topological polar surface area (TPSA) is 49.9 Å². The minimum Gasteiger partial charge on any atom is -0.482 e. The van der Waals surface area contributed by atoms with E-state index in [2.05, 4.69) is 51.1 Å². The van der Waals surface area contributed by atoms with Crippen LogP contribution >= 0.6 is 0 Å². The van der Waals surface area contributed by atoms with Gasteiger partial charge in [0.25, 0.3) is 5.91 Å². The molecule has 5 heteroatoms. The first kappa shape index (κ1) is 26.2. The van der Waals surface area contributed by atoms with E-state index in [-0.39, 0.29) is 18.4 Å². The third-order valence-corrected chi connectivity index (χ3v) is 7.45. The van der Waals surface area contributed by atoms with E-state index >= 15 is 0 Å². The number of hydrogen-bond acceptors (Lipinski definition) is 3. The van der Waals surface area contributed by atoms with Gasteiger partial charge in [-0.1, -0.05) is 48.0 Å². The van der Waals surface area contributed by atoms with Gasteiger partial charge in [0.15, 0.2) is 6.61 Å². The highest BCUT2D eigenvalue weighted by Crippen LogP contribution is 2.44. The zero-order valence-electron chi connectivity index (χ0n) is 23.7. The van der Waals surface area contributed by atoms with Gasteiger partial charge < -0.3 is 4.74 Å². The van der Waals surface area contributed by atoms with E-state index in [0.29, 0.717) is 5.75 Å². The summed E-state index contributed by atoms with van der Waals surface area (Å²) in [5.74, 6) is 0.576. The lowest BCUT2D eigenvalue weighted by atomic mass is 9.91. The molecule has 0 fully saturated rings. The maximum Gasteiger partial charge on any atom is 0.269 e. The largest absolute Gasteiger partial charge is 0.482 e. The number of rotatable bonds is 4. The molecule has 0 bridgehead atoms. The van der Waals surface area contributed by atoms with E-state index in [1.54, 1.807) is 16.7 Å². The van der Waals surface area contributed by atoms with E-state index in [0.717, 1.165) is 61.7 Å². The normalized spacial score (nSPS) is 12.7. The van der Waals surface area contributed by atoms with E-state index < -0.39 is 0 Å². The van der Waals surface area contributed by atoms with Crippen LogP contribution in [0.25, 0.3) is 11.1 Å². The molecular weight excluding hydrogens is 484 g/mol. The second-order valence-electron chi connectivity index (χ2n) is 10.5. The summed E-state index contributed by atoms with van der Waals surface area (Å²) in [6.07, 6.45) is 0. The van der Waals surface area contributed by atoms with Crippen LogP contribution in [-0.4, -0.2) is 18.4 Å². The summed E-state index contributed by atoms with van der Waals surface area (Å²) >= 11 is 0. The smallest absolute Gasteiger partial charge is 0.269 e. The molecule has 39 heavy (non-hydrogen) atoms. The van der Waals surface area contributed by atoms with Gasteiger partial charge in [-0.2, -0.15) is 0 Å². The molecule has 5 nitrogen and oxygen atoms in total. The molecular formula is C34H34N2O3. The number of carbonyl (C=O) groups is 2. The Morgan fingerprint density at radius 3 is 2.10 bits per heavy atom. The second-order valence-corrected chi connectivity index (χ2v) is 10.5. The maximum absolute atomic E-state index is 13.2. The highest BCUT2D eigenvalue weighted by molar-refractivity contribution is 6.06. The predicted octanol–water partition coefficient (Wildman–Crippen LogP) is 7.95. The Labute approximate surface area is 230 Å². The summed E-state index contributed by atoms with van der Waals surface area (Å²) in [4.78, 5) is 29.6. The number of hydrogen-bond donors (Lipinski definition) is 0. The third kappa shape index (κ3) is 4.59. The van der Waals surface area contributed by atoms with Crippen LogP contribution < -0.4 is 14.5 Å². The van der Waals surface area contributed by atoms with Gasteiger partial charge in [-0.05, 0) is 105 Å². The summed E-state index contributed by atoms with van der Waals surface area (Å²) in [6, 6.07) is 22.1. The number of nitrogens with zero attached hydrogens (tertiary/aromatic N) is 2. The van der Waals surface area contributed by atoms with E-state index in [1.165, 1.54) is 5.56 Å². The highest BCUT2D eigenvalue weighted by Gasteiger charge is 2.30. The molecule has 0 saturated heterocycles. The Balaban J connectivity index is 1.61.